The topological polar surface area (TPSA) is 133 Å². The van der Waals surface area contributed by atoms with Crippen molar-refractivity contribution in [2.45, 2.75) is 37.8 Å². The number of benzene rings is 1. The standard InChI is InChI=1S/C24H27N5O6/c30-20-11-15(24(34)35)12-28(20)16-5-8-26(9-6-16)22(32)23(33)27-10-7-17(13-27)29-14-25-19-4-2-1-3-18(19)21(29)31/h1-4,14-17H,5-13H2,(H,34,35). The molecule has 0 radical (unpaired) electrons. The van der Waals surface area contributed by atoms with Crippen molar-refractivity contribution in [1.82, 2.24) is 24.3 Å². The monoisotopic (exact) mass is 481 g/mol. The van der Waals surface area contributed by atoms with E-state index in [1.54, 1.807) is 27.7 Å². The van der Waals surface area contributed by atoms with E-state index in [2.05, 4.69) is 4.98 Å². The molecule has 0 spiro atoms. The molecule has 2 unspecified atom stereocenters. The molecule has 3 saturated heterocycles. The van der Waals surface area contributed by atoms with Crippen molar-refractivity contribution in [2.75, 3.05) is 32.7 Å². The van der Waals surface area contributed by atoms with E-state index >= 15 is 0 Å². The fourth-order valence-electron chi connectivity index (χ4n) is 5.40. The van der Waals surface area contributed by atoms with E-state index in [1.165, 1.54) is 16.1 Å². The first kappa shape index (κ1) is 23.0. The number of aliphatic carboxylic acids is 1. The summed E-state index contributed by atoms with van der Waals surface area (Å²) in [7, 11) is 0. The number of amides is 3. The van der Waals surface area contributed by atoms with E-state index in [4.69, 9.17) is 0 Å². The number of para-hydroxylation sites is 1. The summed E-state index contributed by atoms with van der Waals surface area (Å²) in [5.41, 5.74) is 0.456. The zero-order valence-electron chi connectivity index (χ0n) is 19.2. The van der Waals surface area contributed by atoms with Crippen molar-refractivity contribution < 1.29 is 24.3 Å². The predicted octanol–water partition coefficient (Wildman–Crippen LogP) is 0.0940. The second kappa shape index (κ2) is 9.12. The molecule has 5 rings (SSSR count). The van der Waals surface area contributed by atoms with Gasteiger partial charge in [0, 0.05) is 45.2 Å². The van der Waals surface area contributed by atoms with Crippen LogP contribution in [0.1, 0.15) is 31.7 Å². The third-order valence-electron chi connectivity index (χ3n) is 7.42. The third-order valence-corrected chi connectivity index (χ3v) is 7.42. The van der Waals surface area contributed by atoms with Crippen LogP contribution in [0, 0.1) is 5.92 Å². The molecule has 0 bridgehead atoms. The number of fused-ring (bicyclic) bond motifs is 1. The van der Waals surface area contributed by atoms with Crippen LogP contribution in [0.3, 0.4) is 0 Å². The summed E-state index contributed by atoms with van der Waals surface area (Å²) in [6.07, 6.45) is 3.10. The van der Waals surface area contributed by atoms with E-state index in [0.29, 0.717) is 49.8 Å². The van der Waals surface area contributed by atoms with Gasteiger partial charge in [0.1, 0.15) is 0 Å². The molecule has 4 heterocycles. The van der Waals surface area contributed by atoms with Crippen molar-refractivity contribution in [1.29, 1.82) is 0 Å². The number of carbonyl (C=O) groups is 4. The van der Waals surface area contributed by atoms with E-state index in [-0.39, 0.29) is 43.1 Å². The van der Waals surface area contributed by atoms with Crippen LogP contribution in [-0.2, 0) is 19.2 Å². The van der Waals surface area contributed by atoms with Crippen LogP contribution >= 0.6 is 0 Å². The van der Waals surface area contributed by atoms with Gasteiger partial charge < -0.3 is 19.8 Å². The Kier molecular flexibility index (Phi) is 6.00. The first-order valence-electron chi connectivity index (χ1n) is 11.9. The number of nitrogens with zero attached hydrogens (tertiary/aromatic N) is 5. The van der Waals surface area contributed by atoms with Crippen molar-refractivity contribution in [2.24, 2.45) is 5.92 Å². The van der Waals surface area contributed by atoms with Gasteiger partial charge in [0.25, 0.3) is 5.56 Å². The maximum Gasteiger partial charge on any atom is 0.312 e. The second-order valence-corrected chi connectivity index (χ2v) is 9.48. The Bertz CT molecular complexity index is 1250. The van der Waals surface area contributed by atoms with Gasteiger partial charge in [-0.2, -0.15) is 0 Å². The number of hydrogen-bond acceptors (Lipinski definition) is 6. The van der Waals surface area contributed by atoms with Crippen LogP contribution in [0.2, 0.25) is 0 Å². The van der Waals surface area contributed by atoms with Gasteiger partial charge in [-0.25, -0.2) is 4.98 Å². The number of carboxylic acids is 1. The lowest BCUT2D eigenvalue weighted by Gasteiger charge is -2.36. The summed E-state index contributed by atoms with van der Waals surface area (Å²) < 4.78 is 1.54. The van der Waals surface area contributed by atoms with Gasteiger partial charge in [0.2, 0.25) is 5.91 Å². The van der Waals surface area contributed by atoms with Gasteiger partial charge in [0.15, 0.2) is 0 Å². The van der Waals surface area contributed by atoms with Gasteiger partial charge >= 0.3 is 17.8 Å². The van der Waals surface area contributed by atoms with E-state index in [9.17, 15) is 29.1 Å². The van der Waals surface area contributed by atoms with Gasteiger partial charge in [-0.15, -0.1) is 0 Å². The minimum Gasteiger partial charge on any atom is -0.481 e. The average Bonchev–Trinajstić information content (AvgIpc) is 3.51. The first-order valence-corrected chi connectivity index (χ1v) is 11.9. The molecule has 2 aromatic rings. The highest BCUT2D eigenvalue weighted by Crippen LogP contribution is 2.26. The molecule has 35 heavy (non-hydrogen) atoms. The minimum absolute atomic E-state index is 0.0128. The SMILES string of the molecule is O=C(O)C1CC(=O)N(C2CCN(C(=O)C(=O)N3CCC(n4cnc5ccccc5c4=O)C3)CC2)C1. The maximum absolute atomic E-state index is 12.9. The number of likely N-dealkylation sites (tertiary alicyclic amines) is 3. The molecule has 3 aliphatic rings. The van der Waals surface area contributed by atoms with Crippen molar-refractivity contribution >= 4 is 34.6 Å². The maximum atomic E-state index is 12.9. The van der Waals surface area contributed by atoms with Gasteiger partial charge in [-0.05, 0) is 31.4 Å². The quantitative estimate of drug-likeness (QED) is 0.615. The third kappa shape index (κ3) is 4.26. The predicted molar refractivity (Wildman–Crippen MR) is 123 cm³/mol. The summed E-state index contributed by atoms with van der Waals surface area (Å²) in [5.74, 6) is -2.98. The molecular weight excluding hydrogens is 454 g/mol. The lowest BCUT2D eigenvalue weighted by atomic mass is 10.0. The number of piperidine rings is 1. The lowest BCUT2D eigenvalue weighted by molar-refractivity contribution is -0.152. The van der Waals surface area contributed by atoms with Crippen molar-refractivity contribution in [3.05, 3.63) is 40.9 Å². The Morgan fingerprint density at radius 3 is 2.26 bits per heavy atom. The molecule has 1 N–H and O–H groups in total. The van der Waals surface area contributed by atoms with Crippen LogP contribution in [0.5, 0.6) is 0 Å². The molecule has 11 heteroatoms. The molecule has 1 aromatic carbocycles. The van der Waals surface area contributed by atoms with Crippen LogP contribution in [0.4, 0.5) is 0 Å². The van der Waals surface area contributed by atoms with Gasteiger partial charge in [-0.3, -0.25) is 28.5 Å². The summed E-state index contributed by atoms with van der Waals surface area (Å²) in [5, 5.41) is 9.70. The second-order valence-electron chi connectivity index (χ2n) is 9.48. The van der Waals surface area contributed by atoms with E-state index < -0.39 is 23.7 Å². The molecule has 0 saturated carbocycles. The highest BCUT2D eigenvalue weighted by atomic mass is 16.4. The Balaban J connectivity index is 1.18. The van der Waals surface area contributed by atoms with Crippen LogP contribution in [0.25, 0.3) is 10.9 Å². The lowest BCUT2D eigenvalue weighted by Crippen LogP contribution is -2.51. The minimum atomic E-state index is -0.968. The van der Waals surface area contributed by atoms with Crippen LogP contribution in [0.15, 0.2) is 35.4 Å². The Labute approximate surface area is 200 Å². The van der Waals surface area contributed by atoms with Gasteiger partial charge in [-0.1, -0.05) is 12.1 Å². The molecule has 0 aliphatic carbocycles. The average molecular weight is 482 g/mol. The Morgan fingerprint density at radius 1 is 0.886 bits per heavy atom. The Hall–Kier alpha value is -3.76. The molecule has 1 aromatic heterocycles. The Morgan fingerprint density at radius 2 is 1.54 bits per heavy atom. The number of aromatic nitrogens is 2. The summed E-state index contributed by atoms with van der Waals surface area (Å²) in [6.45, 7) is 1.51. The summed E-state index contributed by atoms with van der Waals surface area (Å²) in [4.78, 5) is 71.1. The zero-order valence-corrected chi connectivity index (χ0v) is 19.2. The highest BCUT2D eigenvalue weighted by molar-refractivity contribution is 6.35. The molecule has 184 valence electrons. The van der Waals surface area contributed by atoms with E-state index in [1.807, 2.05) is 6.07 Å². The smallest absolute Gasteiger partial charge is 0.312 e. The fourth-order valence-corrected chi connectivity index (χ4v) is 5.40. The van der Waals surface area contributed by atoms with Crippen LogP contribution in [-0.4, -0.2) is 91.8 Å². The van der Waals surface area contributed by atoms with E-state index in [0.717, 1.165) is 0 Å². The number of rotatable bonds is 3. The molecule has 3 aliphatic heterocycles. The number of carbonyl (C=O) groups excluding carboxylic acids is 3. The van der Waals surface area contributed by atoms with Crippen molar-refractivity contribution in [3.8, 4) is 0 Å². The summed E-state index contributed by atoms with van der Waals surface area (Å²) >= 11 is 0. The molecule has 2 atom stereocenters. The number of hydrogen-bond donors (Lipinski definition) is 1. The fraction of sp³-hybridized carbons (Fsp3) is 0.500. The molecular formula is C24H27N5O6. The molecule has 3 amide bonds. The molecule has 11 nitrogen and oxygen atoms in total. The zero-order chi connectivity index (χ0) is 24.7. The first-order chi connectivity index (χ1) is 16.8. The largest absolute Gasteiger partial charge is 0.481 e. The summed E-state index contributed by atoms with van der Waals surface area (Å²) in [6, 6.07) is 6.74. The number of carboxylic acid groups (broad SMARTS) is 1. The van der Waals surface area contributed by atoms with Crippen LogP contribution < -0.4 is 5.56 Å². The normalized spacial score (nSPS) is 23.3. The van der Waals surface area contributed by atoms with Gasteiger partial charge in [0.05, 0.1) is 29.2 Å². The highest BCUT2D eigenvalue weighted by Gasteiger charge is 2.40. The molecule has 3 fully saturated rings. The van der Waals surface area contributed by atoms with Crippen molar-refractivity contribution in [3.63, 3.8) is 0 Å².